The van der Waals surface area contributed by atoms with Gasteiger partial charge < -0.3 is 16.1 Å². The van der Waals surface area contributed by atoms with Crippen LogP contribution in [0.1, 0.15) is 62.9 Å². The van der Waals surface area contributed by atoms with Crippen molar-refractivity contribution in [2.45, 2.75) is 57.9 Å². The summed E-state index contributed by atoms with van der Waals surface area (Å²) in [5.41, 5.74) is 4.36. The van der Waals surface area contributed by atoms with Crippen molar-refractivity contribution in [3.8, 4) is 12.1 Å². The Balaban J connectivity index is 1.52. The van der Waals surface area contributed by atoms with Gasteiger partial charge in [-0.3, -0.25) is 19.4 Å². The van der Waals surface area contributed by atoms with E-state index < -0.39 is 29.9 Å². The highest BCUT2D eigenvalue weighted by atomic mass is 19.4. The first-order valence-electron chi connectivity index (χ1n) is 15.0. The maximum Gasteiger partial charge on any atom is 0.413 e. The monoisotopic (exact) mass is 663 g/mol. The molecule has 0 bridgehead atoms. The molecule has 1 aliphatic carbocycles. The zero-order valence-electron chi connectivity index (χ0n) is 26.0. The van der Waals surface area contributed by atoms with Gasteiger partial charge in [-0.15, -0.1) is 5.53 Å². The molecule has 3 heterocycles. The van der Waals surface area contributed by atoms with Crippen LogP contribution in [0.5, 0.6) is 0 Å². The number of nitrogens with one attached hydrogen (secondary N) is 4. The third kappa shape index (κ3) is 5.71. The van der Waals surface area contributed by atoms with Gasteiger partial charge in [0.2, 0.25) is 0 Å². The van der Waals surface area contributed by atoms with Crippen molar-refractivity contribution in [1.82, 2.24) is 25.5 Å². The normalized spacial score (nSPS) is 16.3. The number of hydrogen-bond acceptors (Lipinski definition) is 9. The van der Waals surface area contributed by atoms with Crippen molar-refractivity contribution in [3.63, 3.8) is 0 Å². The van der Waals surface area contributed by atoms with Crippen molar-refractivity contribution >= 4 is 33.1 Å². The second-order valence-electron chi connectivity index (χ2n) is 13.0. The first-order chi connectivity index (χ1) is 22.7. The van der Waals surface area contributed by atoms with Gasteiger partial charge in [0, 0.05) is 41.6 Å². The van der Waals surface area contributed by atoms with Crippen LogP contribution in [0.15, 0.2) is 65.5 Å². The fourth-order valence-corrected chi connectivity index (χ4v) is 5.80. The number of nitriles is 2. The number of rotatable bonds is 8. The summed E-state index contributed by atoms with van der Waals surface area (Å²) < 4.78 is 69.6. The van der Waals surface area contributed by atoms with Crippen LogP contribution in [0, 0.1) is 28.1 Å². The Labute approximate surface area is 271 Å². The van der Waals surface area contributed by atoms with Gasteiger partial charge in [0.05, 0.1) is 34.1 Å². The second-order valence-corrected chi connectivity index (χ2v) is 13.0. The fraction of sp³-hybridized carbons (Fsp3) is 0.333. The van der Waals surface area contributed by atoms with E-state index in [1.165, 1.54) is 36.7 Å². The number of fused-ring (bicyclic) bond motifs is 2. The summed E-state index contributed by atoms with van der Waals surface area (Å²) in [5.74, 6) is 0. The van der Waals surface area contributed by atoms with Gasteiger partial charge in [-0.1, -0.05) is 32.9 Å². The summed E-state index contributed by atoms with van der Waals surface area (Å²) in [6.45, 7) is 3.44. The van der Waals surface area contributed by atoms with E-state index in [1.54, 1.807) is 12.1 Å². The Morgan fingerprint density at radius 3 is 2.40 bits per heavy atom. The third-order valence-corrected chi connectivity index (χ3v) is 8.46. The summed E-state index contributed by atoms with van der Waals surface area (Å²) in [5, 5.41) is 28.3. The highest BCUT2D eigenvalue weighted by Gasteiger charge is 2.67. The number of anilines is 2. The topological polar surface area (TPSA) is 134 Å². The lowest BCUT2D eigenvalue weighted by Crippen LogP contribution is -2.52. The van der Waals surface area contributed by atoms with Gasteiger partial charge >= 0.3 is 12.7 Å². The summed E-state index contributed by atoms with van der Waals surface area (Å²) in [7, 11) is 0. The lowest BCUT2D eigenvalue weighted by molar-refractivity contribution is -0.195. The van der Waals surface area contributed by atoms with E-state index in [-0.39, 0.29) is 45.9 Å². The van der Waals surface area contributed by atoms with Crippen molar-refractivity contribution < 1.29 is 22.0 Å². The van der Waals surface area contributed by atoms with Crippen molar-refractivity contribution in [1.29, 1.82) is 10.5 Å². The molecule has 48 heavy (non-hydrogen) atoms. The number of pyridine rings is 2. The molecule has 2 aromatic carbocycles. The summed E-state index contributed by atoms with van der Waals surface area (Å²) >= 11 is 0. The molecule has 15 heteroatoms. The summed E-state index contributed by atoms with van der Waals surface area (Å²) in [6, 6.07) is 12.4. The van der Waals surface area contributed by atoms with E-state index in [1.807, 2.05) is 20.8 Å². The lowest BCUT2D eigenvalue weighted by atomic mass is 9.96. The third-order valence-electron chi connectivity index (χ3n) is 8.46. The Kier molecular flexibility index (Phi) is 7.92. The highest BCUT2D eigenvalue weighted by Crippen LogP contribution is 2.54. The Morgan fingerprint density at radius 2 is 1.77 bits per heavy atom. The standard InChI is InChI=1S/C33H30F5N9O/c1-31(2,3)17-42-27-19(14-40)15-41-26-18(13-39)11-20(12-24(26)27)43-28(25-16-47(45-44-25)32(8-9-32)33(36,37)38)22-5-4-6-23-21(22)7-10-46(29(23)48)30(34)35/h4-7,10-12,15-16,28,30,43-45H,8-9,17H2,1-3H3,(H,41,42)/t28-/m0/s1. The smallest absolute Gasteiger partial charge is 0.383 e. The number of benzene rings is 2. The Morgan fingerprint density at radius 1 is 1.04 bits per heavy atom. The van der Waals surface area contributed by atoms with Crippen molar-refractivity contribution in [3.05, 3.63) is 87.7 Å². The van der Waals surface area contributed by atoms with Crippen LogP contribution in [0.4, 0.5) is 33.3 Å². The second kappa shape index (κ2) is 11.7. The quantitative estimate of drug-likeness (QED) is 0.155. The van der Waals surface area contributed by atoms with E-state index in [4.69, 9.17) is 0 Å². The predicted octanol–water partition coefficient (Wildman–Crippen LogP) is 6.56. The SMILES string of the molecule is CC(C)(C)CNc1c(C#N)cnc2c(C#N)cc(N[C@H](C3=CN(C4(C(F)(F)F)CC4)NN3)c3cccc4c(=O)n(C(F)F)ccc34)cc12. The zero-order chi connectivity index (χ0) is 34.6. The van der Waals surface area contributed by atoms with Crippen molar-refractivity contribution in [2.75, 3.05) is 17.2 Å². The predicted molar refractivity (Wildman–Crippen MR) is 169 cm³/mol. The van der Waals surface area contributed by atoms with Crippen LogP contribution in [0.25, 0.3) is 21.7 Å². The van der Waals surface area contributed by atoms with Crippen LogP contribution >= 0.6 is 0 Å². The molecule has 2 aliphatic rings. The van der Waals surface area contributed by atoms with E-state index in [2.05, 4.69) is 38.7 Å². The number of aromatic nitrogens is 2. The fourth-order valence-electron chi connectivity index (χ4n) is 5.80. The maximum absolute atomic E-state index is 14.1. The molecule has 2 aromatic heterocycles. The molecule has 0 spiro atoms. The Bertz CT molecular complexity index is 2100. The van der Waals surface area contributed by atoms with Crippen LogP contribution in [-0.4, -0.2) is 32.8 Å². The molecule has 1 fully saturated rings. The van der Waals surface area contributed by atoms with Crippen LogP contribution in [-0.2, 0) is 0 Å². The minimum atomic E-state index is -4.53. The van der Waals surface area contributed by atoms with Crippen LogP contribution < -0.4 is 27.2 Å². The average molecular weight is 664 g/mol. The summed E-state index contributed by atoms with van der Waals surface area (Å²) in [4.78, 5) is 17.4. The molecular weight excluding hydrogens is 633 g/mol. The van der Waals surface area contributed by atoms with E-state index >= 15 is 0 Å². The molecule has 0 radical (unpaired) electrons. The van der Waals surface area contributed by atoms with Gasteiger partial charge in [-0.2, -0.15) is 32.5 Å². The largest absolute Gasteiger partial charge is 0.413 e. The van der Waals surface area contributed by atoms with E-state index in [9.17, 15) is 37.3 Å². The van der Waals surface area contributed by atoms with Crippen LogP contribution in [0.2, 0.25) is 0 Å². The lowest BCUT2D eigenvalue weighted by Gasteiger charge is -2.28. The van der Waals surface area contributed by atoms with Crippen molar-refractivity contribution in [2.24, 2.45) is 5.41 Å². The first kappa shape index (κ1) is 32.5. The molecule has 0 unspecified atom stereocenters. The number of hydrazine groups is 2. The number of nitrogens with zero attached hydrogens (tertiary/aromatic N) is 5. The van der Waals surface area contributed by atoms with Gasteiger partial charge in [0.1, 0.15) is 12.1 Å². The van der Waals surface area contributed by atoms with Gasteiger partial charge in [0.25, 0.3) is 5.56 Å². The van der Waals surface area contributed by atoms with E-state index in [0.29, 0.717) is 39.0 Å². The molecule has 4 aromatic rings. The Hall–Kier alpha value is -5.41. The molecule has 0 saturated heterocycles. The molecule has 6 rings (SSSR count). The van der Waals surface area contributed by atoms with Gasteiger partial charge in [0.15, 0.2) is 5.54 Å². The molecule has 1 saturated carbocycles. The minimum Gasteiger partial charge on any atom is -0.383 e. The summed E-state index contributed by atoms with van der Waals surface area (Å²) in [6.07, 6.45) is -1.14. The molecule has 10 nitrogen and oxygen atoms in total. The number of hydrogen-bond donors (Lipinski definition) is 4. The molecule has 1 aliphatic heterocycles. The van der Waals surface area contributed by atoms with Crippen LogP contribution in [0.3, 0.4) is 0 Å². The number of alkyl halides is 5. The molecule has 1 atom stereocenters. The molecule has 0 amide bonds. The molecule has 248 valence electrons. The minimum absolute atomic E-state index is 0.0211. The highest BCUT2D eigenvalue weighted by molar-refractivity contribution is 5.99. The van der Waals surface area contributed by atoms with Gasteiger partial charge in [-0.25, -0.2) is 0 Å². The zero-order valence-corrected chi connectivity index (χ0v) is 26.0. The van der Waals surface area contributed by atoms with Gasteiger partial charge in [-0.05, 0) is 53.5 Å². The number of halogens is 5. The molecular formula is C33H30F5N9O. The molecule has 4 N–H and O–H groups in total. The maximum atomic E-state index is 14.1. The first-order valence-corrected chi connectivity index (χ1v) is 15.0. The van der Waals surface area contributed by atoms with E-state index in [0.717, 1.165) is 11.2 Å². The average Bonchev–Trinajstić information content (AvgIpc) is 3.72.